The van der Waals surface area contributed by atoms with Crippen LogP contribution in [0.25, 0.3) is 16.0 Å². The van der Waals surface area contributed by atoms with Crippen molar-refractivity contribution in [3.05, 3.63) is 16.0 Å². The zero-order valence-electron chi connectivity index (χ0n) is 34.4. The third-order valence-electron chi connectivity index (χ3n) is 7.46. The molecule has 0 radical (unpaired) electrons. The van der Waals surface area contributed by atoms with Crippen molar-refractivity contribution in [2.75, 3.05) is 78.5 Å². The molecule has 0 rings (SSSR count). The molecule has 292 valence electrons. The Morgan fingerprint density at radius 1 is 0.354 bits per heavy atom. The molecule has 12 heteroatoms. The molecule has 48 heavy (non-hydrogen) atoms. The molecule has 0 fully saturated rings. The first-order valence-electron chi connectivity index (χ1n) is 20.0. The lowest BCUT2D eigenvalue weighted by Crippen LogP contribution is -2.40. The highest BCUT2D eigenvalue weighted by Gasteiger charge is 2.37. The maximum absolute atomic E-state index is 6.75. The Kier molecular flexibility index (Phi) is 47.7. The number of rotatable bonds is 30. The molecule has 0 amide bonds. The van der Waals surface area contributed by atoms with Crippen molar-refractivity contribution in [2.45, 2.75) is 160 Å². The molecule has 0 saturated carbocycles. The zero-order valence-corrected chi connectivity index (χ0v) is 37.1. The van der Waals surface area contributed by atoms with Crippen LogP contribution in [-0.2, 0) is 0 Å². The van der Waals surface area contributed by atoms with E-state index in [0.29, 0.717) is 0 Å². The Morgan fingerprint density at radius 3 is 0.625 bits per heavy atom. The zero-order chi connectivity index (χ0) is 36.3. The number of hydrogen-bond donors (Lipinski definition) is 0. The smallest absolute Gasteiger partial charge is 0.213 e. The summed E-state index contributed by atoms with van der Waals surface area (Å²) in [6.07, 6.45) is 15.2. The molecule has 0 aliphatic heterocycles. The van der Waals surface area contributed by atoms with Crippen LogP contribution >= 0.6 is 29.2 Å². The SMILES string of the molecule is CCCN(CCC)P(N(CCC)CCC)N(CCC)CCC.CCCN(CCC)[PH+](N(CCC)CCC)N(CCC)CCC.Cl.[N-]=[N+]=[N-]. The van der Waals surface area contributed by atoms with E-state index in [-0.39, 0.29) is 20.8 Å². The van der Waals surface area contributed by atoms with E-state index in [4.69, 9.17) is 11.1 Å². The third-order valence-corrected chi connectivity index (χ3v) is 13.2. The molecular weight excluding hydrogens is 656 g/mol. The minimum absolute atomic E-state index is 0. The van der Waals surface area contributed by atoms with Crippen LogP contribution < -0.4 is 0 Å². The first-order valence-corrected chi connectivity index (χ1v) is 22.5. The second kappa shape index (κ2) is 41.6. The van der Waals surface area contributed by atoms with Gasteiger partial charge in [-0.25, -0.2) is 0 Å². The second-order valence-corrected chi connectivity index (χ2v) is 17.2. The average Bonchev–Trinajstić information content (AvgIpc) is 3.03. The van der Waals surface area contributed by atoms with E-state index in [1.54, 1.807) is 0 Å². The van der Waals surface area contributed by atoms with Gasteiger partial charge in [0.1, 0.15) is 8.37 Å². The molecule has 0 spiro atoms. The van der Waals surface area contributed by atoms with Gasteiger partial charge in [0, 0.05) is 78.5 Å². The Hall–Kier alpha value is 0.220. The van der Waals surface area contributed by atoms with Crippen molar-refractivity contribution in [3.63, 3.8) is 0 Å². The summed E-state index contributed by atoms with van der Waals surface area (Å²) in [6.45, 7) is 42.9. The summed E-state index contributed by atoms with van der Waals surface area (Å²) in [5.74, 6) is 0. The minimum Gasteiger partial charge on any atom is -0.373 e. The van der Waals surface area contributed by atoms with Gasteiger partial charge in [0.25, 0.3) is 0 Å². The highest BCUT2D eigenvalue weighted by atomic mass is 35.5. The highest BCUT2D eigenvalue weighted by Crippen LogP contribution is 2.49. The van der Waals surface area contributed by atoms with Crippen LogP contribution in [-0.4, -0.2) is 107 Å². The predicted octanol–water partition coefficient (Wildman–Crippen LogP) is 12.2. The summed E-state index contributed by atoms with van der Waals surface area (Å²) in [7, 11) is -1.02. The van der Waals surface area contributed by atoms with Gasteiger partial charge in [0.2, 0.25) is 8.37 Å². The van der Waals surface area contributed by atoms with Crippen molar-refractivity contribution >= 4 is 29.2 Å². The van der Waals surface area contributed by atoms with Gasteiger partial charge in [-0.2, -0.15) is 14.0 Å². The molecule has 0 N–H and O–H groups in total. The summed E-state index contributed by atoms with van der Waals surface area (Å²) in [4.78, 5) is 1.50. The van der Waals surface area contributed by atoms with Crippen LogP contribution in [0.15, 0.2) is 0 Å². The van der Waals surface area contributed by atoms with Crippen LogP contribution in [0.2, 0.25) is 0 Å². The maximum atomic E-state index is 6.75. The molecule has 0 heterocycles. The highest BCUT2D eigenvalue weighted by molar-refractivity contribution is 7.50. The lowest BCUT2D eigenvalue weighted by atomic mass is 10.4. The summed E-state index contributed by atoms with van der Waals surface area (Å²) in [6, 6.07) is 0. The topological polar surface area (TPSA) is 78.1 Å². The van der Waals surface area contributed by atoms with E-state index < -0.39 is 8.37 Å². The standard InChI is InChI=1S/2C18H42N3P.ClH.N3/c2*1-7-13-19(14-8-2)22(20(15-9-3)16-10-4)21(17-11-5)18-12-6;;1-3-2/h2*7-18H2,1-6H3;1H;/q;;;-1/p+1. The van der Waals surface area contributed by atoms with Gasteiger partial charge in [-0.1, -0.05) is 83.1 Å². The Balaban J connectivity index is -0.000000365. The molecule has 9 nitrogen and oxygen atoms in total. The largest absolute Gasteiger partial charge is 0.373 e. The van der Waals surface area contributed by atoms with Gasteiger partial charge >= 0.3 is 0 Å². The molecule has 0 aromatic carbocycles. The van der Waals surface area contributed by atoms with Crippen LogP contribution in [0.3, 0.4) is 0 Å². The Labute approximate surface area is 310 Å². The summed E-state index contributed by atoms with van der Waals surface area (Å²) < 4.78 is 16.9. The minimum atomic E-state index is -0.735. The summed E-state index contributed by atoms with van der Waals surface area (Å²) >= 11 is 0. The summed E-state index contributed by atoms with van der Waals surface area (Å²) in [5.41, 5.74) is 13.5. The molecule has 0 atom stereocenters. The van der Waals surface area contributed by atoms with E-state index in [9.17, 15) is 0 Å². The summed E-state index contributed by atoms with van der Waals surface area (Å²) in [5, 5.41) is 0. The quantitative estimate of drug-likeness (QED) is 0.0316. The van der Waals surface area contributed by atoms with E-state index >= 15 is 0 Å². The number of hydrogen-bond acceptors (Lipinski definition) is 6. The first-order chi connectivity index (χ1) is 22.8. The van der Waals surface area contributed by atoms with Gasteiger partial charge in [-0.15, -0.1) is 12.4 Å². The molecule has 0 aliphatic carbocycles. The fraction of sp³-hybridized carbons (Fsp3) is 1.00. The van der Waals surface area contributed by atoms with Gasteiger partial charge < -0.3 is 11.1 Å². The lowest BCUT2D eigenvalue weighted by molar-refractivity contribution is 0.313. The average molecular weight is 743 g/mol. The second-order valence-electron chi connectivity index (χ2n) is 12.5. The van der Waals surface area contributed by atoms with Crippen LogP contribution in [0.1, 0.15) is 160 Å². The van der Waals surface area contributed by atoms with Crippen LogP contribution in [0.5, 0.6) is 0 Å². The van der Waals surface area contributed by atoms with Crippen LogP contribution in [0, 0.1) is 0 Å². The Bertz CT molecular complexity index is 503. The van der Waals surface area contributed by atoms with E-state index in [2.05, 4.69) is 111 Å². The van der Waals surface area contributed by atoms with Gasteiger partial charge in [0.05, 0.1) is 0 Å². The molecule has 0 saturated heterocycles. The molecule has 0 aromatic heterocycles. The van der Waals surface area contributed by atoms with Crippen molar-refractivity contribution in [1.29, 1.82) is 0 Å². The third kappa shape index (κ3) is 26.1. The maximum Gasteiger partial charge on any atom is 0.213 e. The molecular formula is C36H86ClN9P2. The first kappa shape index (κ1) is 55.0. The normalized spacial score (nSPS) is 11.4. The fourth-order valence-corrected chi connectivity index (χ4v) is 13.2. The van der Waals surface area contributed by atoms with Crippen molar-refractivity contribution in [1.82, 2.24) is 28.0 Å². The monoisotopic (exact) mass is 742 g/mol. The predicted molar refractivity (Wildman–Crippen MR) is 225 cm³/mol. The van der Waals surface area contributed by atoms with Crippen molar-refractivity contribution in [3.8, 4) is 0 Å². The van der Waals surface area contributed by atoms with E-state index in [0.717, 1.165) is 0 Å². The van der Waals surface area contributed by atoms with E-state index in [1.807, 2.05) is 0 Å². The van der Waals surface area contributed by atoms with Crippen molar-refractivity contribution < 1.29 is 0 Å². The Morgan fingerprint density at radius 2 is 0.500 bits per heavy atom. The molecule has 0 aliphatic rings. The van der Waals surface area contributed by atoms with Gasteiger partial charge in [-0.05, 0) is 77.0 Å². The van der Waals surface area contributed by atoms with Gasteiger partial charge in [0.15, 0.2) is 0 Å². The van der Waals surface area contributed by atoms with Crippen molar-refractivity contribution in [2.24, 2.45) is 0 Å². The molecule has 0 bridgehead atoms. The van der Waals surface area contributed by atoms with E-state index in [1.165, 1.54) is 160 Å². The fourth-order valence-electron chi connectivity index (χ4n) is 6.11. The number of nitrogens with zero attached hydrogens (tertiary/aromatic N) is 9. The number of halogens is 1. The molecule has 0 unspecified atom stereocenters. The van der Waals surface area contributed by atoms with Crippen LogP contribution in [0.4, 0.5) is 0 Å². The lowest BCUT2D eigenvalue weighted by Gasteiger charge is -2.45. The molecule has 0 aromatic rings. The van der Waals surface area contributed by atoms with Gasteiger partial charge in [-0.3, -0.25) is 18.9 Å².